The van der Waals surface area contributed by atoms with E-state index in [1.165, 1.54) is 12.1 Å². The predicted octanol–water partition coefficient (Wildman–Crippen LogP) is 3.35. The van der Waals surface area contributed by atoms with Gasteiger partial charge in [-0.3, -0.25) is 9.78 Å². The third-order valence-corrected chi connectivity index (χ3v) is 4.66. The molecule has 0 radical (unpaired) electrons. The van der Waals surface area contributed by atoms with Crippen LogP contribution < -0.4 is 0 Å². The third kappa shape index (κ3) is 3.08. The van der Waals surface area contributed by atoms with Crippen LogP contribution in [0.2, 0.25) is 0 Å². The molecule has 1 aliphatic rings. The Labute approximate surface area is 149 Å². The van der Waals surface area contributed by atoms with Crippen LogP contribution in [0, 0.1) is 5.82 Å². The SMILES string of the molecule is CC(c1ccc(F)cc1)N1CC(c2nc(-c3ccccn3)no2)CC1=O. The van der Waals surface area contributed by atoms with E-state index in [9.17, 15) is 9.18 Å². The van der Waals surface area contributed by atoms with E-state index in [4.69, 9.17) is 4.52 Å². The fraction of sp³-hybridized carbons (Fsp3) is 0.263. The lowest BCUT2D eigenvalue weighted by atomic mass is 10.1. The molecule has 1 aromatic carbocycles. The van der Waals surface area contributed by atoms with Crippen LogP contribution in [0.15, 0.2) is 53.2 Å². The number of aromatic nitrogens is 3. The molecule has 1 amide bonds. The zero-order chi connectivity index (χ0) is 18.1. The zero-order valence-electron chi connectivity index (χ0n) is 14.2. The molecule has 3 heterocycles. The summed E-state index contributed by atoms with van der Waals surface area (Å²) in [4.78, 5) is 22.8. The molecule has 2 aromatic heterocycles. The van der Waals surface area contributed by atoms with E-state index in [-0.39, 0.29) is 23.7 Å². The highest BCUT2D eigenvalue weighted by molar-refractivity contribution is 5.80. The molecule has 2 unspecified atom stereocenters. The van der Waals surface area contributed by atoms with Gasteiger partial charge >= 0.3 is 0 Å². The van der Waals surface area contributed by atoms with Gasteiger partial charge in [0.1, 0.15) is 11.5 Å². The molecule has 7 heteroatoms. The normalized spacial score (nSPS) is 18.3. The first-order valence-corrected chi connectivity index (χ1v) is 8.42. The summed E-state index contributed by atoms with van der Waals surface area (Å²) in [6.45, 7) is 2.42. The molecule has 3 aromatic rings. The lowest BCUT2D eigenvalue weighted by Crippen LogP contribution is -2.28. The largest absolute Gasteiger partial charge is 0.339 e. The van der Waals surface area contributed by atoms with Crippen molar-refractivity contribution in [3.63, 3.8) is 0 Å². The smallest absolute Gasteiger partial charge is 0.232 e. The van der Waals surface area contributed by atoms with E-state index in [1.807, 2.05) is 19.1 Å². The highest BCUT2D eigenvalue weighted by Gasteiger charge is 2.37. The molecule has 0 spiro atoms. The van der Waals surface area contributed by atoms with Crippen LogP contribution >= 0.6 is 0 Å². The molecule has 0 aliphatic carbocycles. The standard InChI is InChI=1S/C19H17FN4O2/c1-12(13-5-7-15(20)8-6-13)24-11-14(10-17(24)25)19-22-18(23-26-19)16-4-2-3-9-21-16/h2-9,12,14H,10-11H2,1H3. The van der Waals surface area contributed by atoms with Crippen molar-refractivity contribution < 1.29 is 13.7 Å². The summed E-state index contributed by atoms with van der Waals surface area (Å²) in [5.41, 5.74) is 1.52. The first kappa shape index (κ1) is 16.4. The summed E-state index contributed by atoms with van der Waals surface area (Å²) in [7, 11) is 0. The van der Waals surface area contributed by atoms with Gasteiger partial charge in [0.05, 0.1) is 12.0 Å². The fourth-order valence-electron chi connectivity index (χ4n) is 3.19. The maximum absolute atomic E-state index is 13.1. The molecule has 4 rings (SSSR count). The van der Waals surface area contributed by atoms with Crippen LogP contribution in [0.25, 0.3) is 11.5 Å². The van der Waals surface area contributed by atoms with Crippen LogP contribution in [0.4, 0.5) is 4.39 Å². The van der Waals surface area contributed by atoms with Crippen molar-refractivity contribution in [3.8, 4) is 11.5 Å². The van der Waals surface area contributed by atoms with Crippen LogP contribution in [-0.4, -0.2) is 32.5 Å². The number of nitrogens with zero attached hydrogens (tertiary/aromatic N) is 4. The topological polar surface area (TPSA) is 72.1 Å². The minimum absolute atomic E-state index is 0.0180. The summed E-state index contributed by atoms with van der Waals surface area (Å²) in [6, 6.07) is 11.5. The van der Waals surface area contributed by atoms with Crippen molar-refractivity contribution in [3.05, 3.63) is 65.9 Å². The van der Waals surface area contributed by atoms with Gasteiger partial charge < -0.3 is 9.42 Å². The van der Waals surface area contributed by atoms with Gasteiger partial charge in [-0.15, -0.1) is 0 Å². The second-order valence-corrected chi connectivity index (χ2v) is 6.35. The number of carbonyl (C=O) groups excluding carboxylic acids is 1. The predicted molar refractivity (Wildman–Crippen MR) is 91.4 cm³/mol. The van der Waals surface area contributed by atoms with Gasteiger partial charge in [-0.25, -0.2) is 4.39 Å². The summed E-state index contributed by atoms with van der Waals surface area (Å²) >= 11 is 0. The monoisotopic (exact) mass is 352 g/mol. The molecule has 1 saturated heterocycles. The summed E-state index contributed by atoms with van der Waals surface area (Å²) < 4.78 is 18.5. The van der Waals surface area contributed by atoms with Gasteiger partial charge in [-0.05, 0) is 36.8 Å². The molecule has 0 saturated carbocycles. The Balaban J connectivity index is 1.51. The molecule has 132 valence electrons. The summed E-state index contributed by atoms with van der Waals surface area (Å²) in [6.07, 6.45) is 1.98. The third-order valence-electron chi connectivity index (χ3n) is 4.66. The minimum Gasteiger partial charge on any atom is -0.339 e. The first-order chi connectivity index (χ1) is 12.6. The van der Waals surface area contributed by atoms with E-state index in [1.54, 1.807) is 29.3 Å². The second-order valence-electron chi connectivity index (χ2n) is 6.35. The molecule has 26 heavy (non-hydrogen) atoms. The number of halogens is 1. The Kier molecular flexibility index (Phi) is 4.20. The Hall–Kier alpha value is -3.09. The quantitative estimate of drug-likeness (QED) is 0.720. The second kappa shape index (κ2) is 6.67. The molecule has 6 nitrogen and oxygen atoms in total. The van der Waals surface area contributed by atoms with Gasteiger partial charge in [0.15, 0.2) is 0 Å². The molecule has 0 bridgehead atoms. The van der Waals surface area contributed by atoms with E-state index in [0.717, 1.165) is 5.56 Å². The zero-order valence-corrected chi connectivity index (χ0v) is 14.2. The maximum atomic E-state index is 13.1. The van der Waals surface area contributed by atoms with Crippen LogP contribution in [0.5, 0.6) is 0 Å². The highest BCUT2D eigenvalue weighted by atomic mass is 19.1. The highest BCUT2D eigenvalue weighted by Crippen LogP contribution is 2.33. The number of likely N-dealkylation sites (tertiary alicyclic amines) is 1. The number of pyridine rings is 1. The molecule has 1 fully saturated rings. The number of carbonyl (C=O) groups is 1. The number of hydrogen-bond donors (Lipinski definition) is 0. The van der Waals surface area contributed by atoms with E-state index in [0.29, 0.717) is 30.4 Å². The Morgan fingerprint density at radius 1 is 1.23 bits per heavy atom. The van der Waals surface area contributed by atoms with Crippen LogP contribution in [0.1, 0.15) is 36.8 Å². The van der Waals surface area contributed by atoms with Crippen molar-refractivity contribution in [1.82, 2.24) is 20.0 Å². The van der Waals surface area contributed by atoms with Crippen molar-refractivity contribution in [2.45, 2.75) is 25.3 Å². The Morgan fingerprint density at radius 3 is 2.77 bits per heavy atom. The van der Waals surface area contributed by atoms with Gasteiger partial charge in [0.2, 0.25) is 17.6 Å². The molecule has 2 atom stereocenters. The van der Waals surface area contributed by atoms with Crippen molar-refractivity contribution >= 4 is 5.91 Å². The van der Waals surface area contributed by atoms with E-state index in [2.05, 4.69) is 15.1 Å². The van der Waals surface area contributed by atoms with Crippen molar-refractivity contribution in [2.75, 3.05) is 6.54 Å². The van der Waals surface area contributed by atoms with Gasteiger partial charge in [-0.2, -0.15) is 4.98 Å². The summed E-state index contributed by atoms with van der Waals surface area (Å²) in [5.74, 6) is 0.421. The van der Waals surface area contributed by atoms with Crippen molar-refractivity contribution in [2.24, 2.45) is 0 Å². The van der Waals surface area contributed by atoms with Crippen LogP contribution in [0.3, 0.4) is 0 Å². The Bertz CT molecular complexity index is 911. The average molecular weight is 352 g/mol. The molecular formula is C19H17FN4O2. The van der Waals surface area contributed by atoms with Gasteiger partial charge in [-0.1, -0.05) is 23.4 Å². The van der Waals surface area contributed by atoms with Crippen LogP contribution in [-0.2, 0) is 4.79 Å². The molecule has 0 N–H and O–H groups in total. The number of amides is 1. The number of rotatable bonds is 4. The average Bonchev–Trinajstić information content (AvgIpc) is 3.29. The van der Waals surface area contributed by atoms with E-state index >= 15 is 0 Å². The van der Waals surface area contributed by atoms with E-state index < -0.39 is 0 Å². The molecular weight excluding hydrogens is 335 g/mol. The number of hydrogen-bond acceptors (Lipinski definition) is 5. The van der Waals surface area contributed by atoms with Crippen molar-refractivity contribution in [1.29, 1.82) is 0 Å². The lowest BCUT2D eigenvalue weighted by Gasteiger charge is -2.25. The minimum atomic E-state index is -0.292. The first-order valence-electron chi connectivity index (χ1n) is 8.42. The van der Waals surface area contributed by atoms with Gasteiger partial charge in [0, 0.05) is 19.2 Å². The summed E-state index contributed by atoms with van der Waals surface area (Å²) in [5, 5.41) is 3.97. The maximum Gasteiger partial charge on any atom is 0.232 e. The molecule has 1 aliphatic heterocycles. The lowest BCUT2D eigenvalue weighted by molar-refractivity contribution is -0.129. The number of benzene rings is 1. The fourth-order valence-corrected chi connectivity index (χ4v) is 3.19. The van der Waals surface area contributed by atoms with Gasteiger partial charge in [0.25, 0.3) is 0 Å². The Morgan fingerprint density at radius 2 is 2.04 bits per heavy atom.